The number of hydrogen-bond donors (Lipinski definition) is 0. The van der Waals surface area contributed by atoms with Crippen molar-refractivity contribution in [1.82, 2.24) is 9.55 Å². The second-order valence-electron chi connectivity index (χ2n) is 3.33. The SMILES string of the molecule is N#CCCCn1cnc2cc(Br)ccc21. The van der Waals surface area contributed by atoms with E-state index in [1.54, 1.807) is 0 Å². The number of benzene rings is 1. The highest BCUT2D eigenvalue weighted by Crippen LogP contribution is 2.18. The van der Waals surface area contributed by atoms with Crippen molar-refractivity contribution in [3.63, 3.8) is 0 Å². The summed E-state index contributed by atoms with van der Waals surface area (Å²) in [5, 5.41) is 8.46. The fourth-order valence-corrected chi connectivity index (χ4v) is 1.89. The Morgan fingerprint density at radius 2 is 2.33 bits per heavy atom. The Morgan fingerprint density at radius 3 is 3.13 bits per heavy atom. The van der Waals surface area contributed by atoms with Gasteiger partial charge in [-0.25, -0.2) is 4.98 Å². The largest absolute Gasteiger partial charge is 0.331 e. The van der Waals surface area contributed by atoms with Crippen LogP contribution in [-0.2, 0) is 6.54 Å². The van der Waals surface area contributed by atoms with E-state index in [-0.39, 0.29) is 0 Å². The van der Waals surface area contributed by atoms with Gasteiger partial charge in [0, 0.05) is 17.4 Å². The molecule has 0 saturated heterocycles. The minimum absolute atomic E-state index is 0.593. The Labute approximate surface area is 96.5 Å². The van der Waals surface area contributed by atoms with Crippen LogP contribution in [0.15, 0.2) is 29.0 Å². The molecule has 0 aliphatic carbocycles. The molecule has 0 amide bonds. The van der Waals surface area contributed by atoms with Crippen molar-refractivity contribution in [3.8, 4) is 6.07 Å². The van der Waals surface area contributed by atoms with Gasteiger partial charge in [-0.15, -0.1) is 0 Å². The second-order valence-corrected chi connectivity index (χ2v) is 4.25. The van der Waals surface area contributed by atoms with Gasteiger partial charge in [0.25, 0.3) is 0 Å². The molecule has 2 aromatic rings. The van der Waals surface area contributed by atoms with Crippen molar-refractivity contribution < 1.29 is 0 Å². The second kappa shape index (κ2) is 4.45. The van der Waals surface area contributed by atoms with Gasteiger partial charge in [0.2, 0.25) is 0 Å². The number of nitrogens with zero attached hydrogens (tertiary/aromatic N) is 3. The zero-order valence-corrected chi connectivity index (χ0v) is 9.74. The molecule has 4 heteroatoms. The van der Waals surface area contributed by atoms with Crippen molar-refractivity contribution >= 4 is 27.0 Å². The van der Waals surface area contributed by atoms with Crippen LogP contribution in [0.25, 0.3) is 11.0 Å². The van der Waals surface area contributed by atoms with E-state index in [9.17, 15) is 0 Å². The molecule has 76 valence electrons. The predicted octanol–water partition coefficient (Wildman–Crippen LogP) is 3.10. The maximum absolute atomic E-state index is 8.46. The number of rotatable bonds is 3. The molecule has 0 atom stereocenters. The lowest BCUT2D eigenvalue weighted by Gasteiger charge is -2.01. The Bertz CT molecular complexity index is 510. The molecule has 1 aromatic carbocycles. The summed E-state index contributed by atoms with van der Waals surface area (Å²) in [5.74, 6) is 0. The van der Waals surface area contributed by atoms with Gasteiger partial charge in [0.1, 0.15) is 0 Å². The molecular weight excluding hydrogens is 254 g/mol. The van der Waals surface area contributed by atoms with E-state index in [2.05, 4.69) is 31.6 Å². The average Bonchev–Trinajstić information content (AvgIpc) is 2.61. The number of unbranched alkanes of at least 4 members (excludes halogenated alkanes) is 1. The molecule has 0 saturated carbocycles. The molecule has 0 bridgehead atoms. The van der Waals surface area contributed by atoms with Gasteiger partial charge >= 0.3 is 0 Å². The van der Waals surface area contributed by atoms with Crippen molar-refractivity contribution in [3.05, 3.63) is 29.0 Å². The molecule has 0 aliphatic rings. The summed E-state index contributed by atoms with van der Waals surface area (Å²) in [4.78, 5) is 4.31. The Balaban J connectivity index is 2.26. The fraction of sp³-hybridized carbons (Fsp3) is 0.273. The number of imidazole rings is 1. The summed E-state index contributed by atoms with van der Waals surface area (Å²) < 4.78 is 3.12. The van der Waals surface area contributed by atoms with Crippen molar-refractivity contribution in [1.29, 1.82) is 5.26 Å². The first-order chi connectivity index (χ1) is 7.31. The van der Waals surface area contributed by atoms with Gasteiger partial charge in [0.05, 0.1) is 23.4 Å². The highest BCUT2D eigenvalue weighted by atomic mass is 79.9. The Morgan fingerprint density at radius 1 is 1.47 bits per heavy atom. The Hall–Kier alpha value is -1.34. The van der Waals surface area contributed by atoms with Crippen LogP contribution in [0.2, 0.25) is 0 Å². The van der Waals surface area contributed by atoms with Gasteiger partial charge < -0.3 is 4.57 Å². The summed E-state index contributed by atoms with van der Waals surface area (Å²) in [6.45, 7) is 0.853. The van der Waals surface area contributed by atoms with Crippen LogP contribution in [0.1, 0.15) is 12.8 Å². The van der Waals surface area contributed by atoms with Gasteiger partial charge in [-0.2, -0.15) is 5.26 Å². The predicted molar refractivity (Wildman–Crippen MR) is 62.3 cm³/mol. The fourth-order valence-electron chi connectivity index (χ4n) is 1.54. The van der Waals surface area contributed by atoms with Gasteiger partial charge in [-0.3, -0.25) is 0 Å². The van der Waals surface area contributed by atoms with Crippen LogP contribution in [0, 0.1) is 11.3 Å². The molecule has 1 heterocycles. The first-order valence-corrected chi connectivity index (χ1v) is 5.58. The molecular formula is C11H10BrN3. The minimum atomic E-state index is 0.593. The van der Waals surface area contributed by atoms with E-state index >= 15 is 0 Å². The molecule has 0 spiro atoms. The van der Waals surface area contributed by atoms with Crippen LogP contribution in [0.3, 0.4) is 0 Å². The lowest BCUT2D eigenvalue weighted by atomic mass is 10.3. The van der Waals surface area contributed by atoms with Gasteiger partial charge in [0.15, 0.2) is 0 Å². The lowest BCUT2D eigenvalue weighted by Crippen LogP contribution is -1.95. The quantitative estimate of drug-likeness (QED) is 0.799. The van der Waals surface area contributed by atoms with E-state index in [0.717, 1.165) is 28.5 Å². The zero-order valence-electron chi connectivity index (χ0n) is 8.15. The first kappa shape index (κ1) is 10.2. The maximum atomic E-state index is 8.46. The third kappa shape index (κ3) is 2.18. The number of halogens is 1. The monoisotopic (exact) mass is 263 g/mol. The minimum Gasteiger partial charge on any atom is -0.331 e. The van der Waals surface area contributed by atoms with Gasteiger partial charge in [-0.1, -0.05) is 15.9 Å². The lowest BCUT2D eigenvalue weighted by molar-refractivity contribution is 0.669. The van der Waals surface area contributed by atoms with E-state index < -0.39 is 0 Å². The van der Waals surface area contributed by atoms with E-state index in [1.165, 1.54) is 0 Å². The highest BCUT2D eigenvalue weighted by molar-refractivity contribution is 9.10. The van der Waals surface area contributed by atoms with Crippen LogP contribution in [0.4, 0.5) is 0 Å². The smallest absolute Gasteiger partial charge is 0.0958 e. The molecule has 1 aromatic heterocycles. The molecule has 0 fully saturated rings. The molecule has 15 heavy (non-hydrogen) atoms. The Kier molecular flexibility index (Phi) is 3.02. The molecule has 0 N–H and O–H groups in total. The summed E-state index contributed by atoms with van der Waals surface area (Å²) in [6.07, 6.45) is 3.29. The third-order valence-corrected chi connectivity index (χ3v) is 2.76. The van der Waals surface area contributed by atoms with Crippen molar-refractivity contribution in [2.24, 2.45) is 0 Å². The van der Waals surface area contributed by atoms with E-state index in [1.807, 2.05) is 24.5 Å². The molecule has 0 radical (unpaired) electrons. The topological polar surface area (TPSA) is 41.6 Å². The number of hydrogen-bond acceptors (Lipinski definition) is 2. The van der Waals surface area contributed by atoms with Gasteiger partial charge in [-0.05, 0) is 24.6 Å². The molecule has 2 rings (SSSR count). The number of nitriles is 1. The standard InChI is InChI=1S/C11H10BrN3/c12-9-3-4-11-10(7-9)14-8-15(11)6-2-1-5-13/h3-4,7-8H,1-2,6H2. The van der Waals surface area contributed by atoms with Crippen LogP contribution in [0.5, 0.6) is 0 Å². The number of fused-ring (bicyclic) bond motifs is 1. The third-order valence-electron chi connectivity index (χ3n) is 2.27. The summed E-state index contributed by atoms with van der Waals surface area (Å²) in [7, 11) is 0. The number of aryl methyl sites for hydroxylation is 1. The normalized spacial score (nSPS) is 10.4. The average molecular weight is 264 g/mol. The summed E-state index contributed by atoms with van der Waals surface area (Å²) in [5.41, 5.74) is 2.11. The number of aromatic nitrogens is 2. The first-order valence-electron chi connectivity index (χ1n) is 4.78. The summed E-state index contributed by atoms with van der Waals surface area (Å²) in [6, 6.07) is 8.19. The molecule has 0 unspecified atom stereocenters. The van der Waals surface area contributed by atoms with Crippen molar-refractivity contribution in [2.45, 2.75) is 19.4 Å². The molecule has 3 nitrogen and oxygen atoms in total. The molecule has 0 aliphatic heterocycles. The van der Waals surface area contributed by atoms with Crippen LogP contribution < -0.4 is 0 Å². The zero-order chi connectivity index (χ0) is 10.7. The highest BCUT2D eigenvalue weighted by Gasteiger charge is 2.01. The van der Waals surface area contributed by atoms with Crippen LogP contribution in [-0.4, -0.2) is 9.55 Å². The maximum Gasteiger partial charge on any atom is 0.0958 e. The summed E-state index contributed by atoms with van der Waals surface area (Å²) >= 11 is 3.41. The van der Waals surface area contributed by atoms with Crippen LogP contribution >= 0.6 is 15.9 Å². The van der Waals surface area contributed by atoms with E-state index in [0.29, 0.717) is 6.42 Å². The van der Waals surface area contributed by atoms with E-state index in [4.69, 9.17) is 5.26 Å². The van der Waals surface area contributed by atoms with Crippen molar-refractivity contribution in [2.75, 3.05) is 0 Å².